The SMILES string of the molecule is CC(C)[C@H](NC(=O)[C@H](CCC(N)=O)NC(=O)[C@H](CCC(N)=O)NC(=O)[C@@H]1CCCN1)C(=O)N1CCC[C@H]1C(=O)N1CCC[C@H]1C(=O)N[C@@H](CCCN=C(N)N)C(=O)N1CCC[C@H]1C(=O)N1CCC[C@H]1C(=O)N[C@@H](Cc1cnc[nH]1)C(=O)N1CCC[C@H]1C(=O)N[C@@H](CCCN=C(N)N)C(=O)O. The first-order valence-electron chi connectivity index (χ1n) is 34.6. The number of H-pyrrole nitrogens is 1. The highest BCUT2D eigenvalue weighted by Crippen LogP contribution is 2.30. The molecule has 6 fully saturated rings. The lowest BCUT2D eigenvalue weighted by molar-refractivity contribution is -0.150. The number of hydrogen-bond donors (Lipinski definition) is 15. The van der Waals surface area contributed by atoms with Gasteiger partial charge in [0, 0.05) is 77.0 Å². The summed E-state index contributed by atoms with van der Waals surface area (Å²) in [5.74, 6) is -11.1. The summed E-state index contributed by atoms with van der Waals surface area (Å²) in [6, 6.07) is -14.0. The Morgan fingerprint density at radius 2 is 0.920 bits per heavy atom. The molecule has 37 heteroatoms. The molecular weight excluding hydrogens is 1300 g/mol. The van der Waals surface area contributed by atoms with E-state index in [9.17, 15) is 67.4 Å². The van der Waals surface area contributed by atoms with E-state index in [2.05, 4.69) is 57.2 Å². The molecule has 1 aromatic heterocycles. The number of aliphatic imine (C=N–C) groups is 2. The van der Waals surface area contributed by atoms with Gasteiger partial charge in [0.05, 0.1) is 12.4 Å². The van der Waals surface area contributed by atoms with E-state index in [-0.39, 0.29) is 148 Å². The van der Waals surface area contributed by atoms with E-state index in [1.54, 1.807) is 13.8 Å². The number of aromatic amines is 1. The van der Waals surface area contributed by atoms with Crippen LogP contribution in [0.2, 0.25) is 0 Å². The Hall–Kier alpha value is -9.71. The van der Waals surface area contributed by atoms with Gasteiger partial charge >= 0.3 is 5.97 Å². The summed E-state index contributed by atoms with van der Waals surface area (Å²) in [5.41, 5.74) is 33.4. The Labute approximate surface area is 578 Å². The number of carboxylic acid groups (broad SMARTS) is 1. The normalized spacial score (nSPS) is 22.2. The molecule has 6 aliphatic heterocycles. The maximum absolute atomic E-state index is 15.0. The molecule has 0 aromatic carbocycles. The summed E-state index contributed by atoms with van der Waals surface area (Å²) in [4.78, 5) is 216. The Balaban J connectivity index is 1.02. The first kappa shape index (κ1) is 77.6. The van der Waals surface area contributed by atoms with E-state index in [4.69, 9.17) is 34.4 Å². The van der Waals surface area contributed by atoms with Crippen LogP contribution in [-0.4, -0.2) is 259 Å². The van der Waals surface area contributed by atoms with Crippen molar-refractivity contribution < 1.29 is 72.2 Å². The van der Waals surface area contributed by atoms with Crippen molar-refractivity contribution in [3.8, 4) is 0 Å². The molecule has 100 heavy (non-hydrogen) atoms. The fourth-order valence-corrected chi connectivity index (χ4v) is 13.9. The number of nitrogens with zero attached hydrogens (tertiary/aromatic N) is 8. The number of guanidine groups is 2. The van der Waals surface area contributed by atoms with Crippen LogP contribution in [0.15, 0.2) is 22.5 Å². The summed E-state index contributed by atoms with van der Waals surface area (Å²) in [7, 11) is 0. The van der Waals surface area contributed by atoms with Crippen molar-refractivity contribution in [3.05, 3.63) is 18.2 Å². The summed E-state index contributed by atoms with van der Waals surface area (Å²) in [6.07, 6.45) is 6.17. The van der Waals surface area contributed by atoms with Gasteiger partial charge < -0.3 is 106 Å². The fourth-order valence-electron chi connectivity index (χ4n) is 13.9. The van der Waals surface area contributed by atoms with Crippen LogP contribution in [0, 0.1) is 5.92 Å². The number of rotatable bonds is 35. The third-order valence-electron chi connectivity index (χ3n) is 19.1. The molecule has 6 aliphatic rings. The molecular formula is C63H100N22O15. The topological polar surface area (TPSA) is 569 Å². The maximum Gasteiger partial charge on any atom is 0.326 e. The van der Waals surface area contributed by atoms with Crippen molar-refractivity contribution in [2.24, 2.45) is 50.3 Å². The van der Waals surface area contributed by atoms with Crippen LogP contribution < -0.4 is 71.6 Å². The average Bonchev–Trinajstić information content (AvgIpc) is 1.61. The Morgan fingerprint density at radius 1 is 0.500 bits per heavy atom. The zero-order chi connectivity index (χ0) is 72.9. The third kappa shape index (κ3) is 21.2. The summed E-state index contributed by atoms with van der Waals surface area (Å²) >= 11 is 0. The van der Waals surface area contributed by atoms with Crippen molar-refractivity contribution in [2.75, 3.05) is 52.4 Å². The number of likely N-dealkylation sites (tertiary alicyclic amines) is 5. The fraction of sp³-hybridized carbons (Fsp3) is 0.698. The standard InChI is InChI=1S/C63H100N22O15/c1-34(2)49(80-52(90)38(20-22-48(65)87)76-51(89)37(19-21-47(64)86)75-50(88)36-11-3-23-71-36)60(98)85-30-10-18-46(85)59(97)82-27-7-15-43(82)53(91)77-39(12-4-24-72-62(66)67)56(94)84-29-9-17-45(84)58(96)83-28-8-16-44(83)55(93)79-41(31-35-32-70-33-74-35)57(95)81-26-6-14-42(81)54(92)78-40(61(99)100)13-5-25-73-63(68)69/h32-34,36-46,49,71H,3-31H2,1-2H3,(H2,64,86)(H2,65,87)(H,70,74)(H,75,88)(H,76,89)(H,77,91)(H,78,92)(H,79,93)(H,80,90)(H,99,100)(H4,66,67,72)(H4,68,69,73)/t36-,37-,38-,39-,40-,41-,42-,43-,44-,45-,46-,49-/m0/s1. The van der Waals surface area contributed by atoms with E-state index >= 15 is 4.79 Å². The van der Waals surface area contributed by atoms with Gasteiger partial charge in [-0.15, -0.1) is 0 Å². The van der Waals surface area contributed by atoms with Gasteiger partial charge in [-0.2, -0.15) is 0 Å². The van der Waals surface area contributed by atoms with Crippen LogP contribution in [0.25, 0.3) is 0 Å². The van der Waals surface area contributed by atoms with E-state index in [0.29, 0.717) is 50.8 Å². The molecule has 0 bridgehead atoms. The largest absolute Gasteiger partial charge is 0.480 e. The number of aromatic nitrogens is 2. The Kier molecular flexibility index (Phi) is 28.7. The third-order valence-corrected chi connectivity index (χ3v) is 19.1. The van der Waals surface area contributed by atoms with Crippen molar-refractivity contribution in [2.45, 2.75) is 221 Å². The van der Waals surface area contributed by atoms with Crippen LogP contribution >= 0.6 is 0 Å². The Bertz CT molecular complexity index is 3190. The van der Waals surface area contributed by atoms with E-state index < -0.39 is 161 Å². The highest BCUT2D eigenvalue weighted by molar-refractivity contribution is 6.00. The van der Waals surface area contributed by atoms with Crippen molar-refractivity contribution >= 4 is 94.7 Å². The zero-order valence-electron chi connectivity index (χ0n) is 56.9. The minimum Gasteiger partial charge on any atom is -0.480 e. The number of amides is 13. The molecule has 0 aliphatic carbocycles. The number of carbonyl (C=O) groups excluding carboxylic acids is 13. The molecule has 21 N–H and O–H groups in total. The average molecular weight is 1410 g/mol. The number of hydrogen-bond acceptors (Lipinski definition) is 18. The van der Waals surface area contributed by atoms with Crippen LogP contribution in [0.1, 0.15) is 148 Å². The number of imidazole rings is 1. The van der Waals surface area contributed by atoms with Gasteiger partial charge in [-0.05, 0) is 128 Å². The quantitative estimate of drug-likeness (QED) is 0.0171. The summed E-state index contributed by atoms with van der Waals surface area (Å²) < 4.78 is 0. The predicted molar refractivity (Wildman–Crippen MR) is 358 cm³/mol. The van der Waals surface area contributed by atoms with Crippen LogP contribution in [0.4, 0.5) is 0 Å². The number of carboxylic acids is 1. The number of aliphatic carboxylic acids is 1. The first-order chi connectivity index (χ1) is 47.6. The van der Waals surface area contributed by atoms with Crippen LogP contribution in [0.5, 0.6) is 0 Å². The second kappa shape index (κ2) is 36.9. The van der Waals surface area contributed by atoms with Gasteiger partial charge in [-0.3, -0.25) is 72.3 Å². The van der Waals surface area contributed by atoms with Crippen LogP contribution in [0.3, 0.4) is 0 Å². The molecule has 0 saturated carbocycles. The van der Waals surface area contributed by atoms with Gasteiger partial charge in [-0.25, -0.2) is 9.78 Å². The predicted octanol–water partition coefficient (Wildman–Crippen LogP) is -6.05. The van der Waals surface area contributed by atoms with Gasteiger partial charge in [-0.1, -0.05) is 13.8 Å². The second-order valence-corrected chi connectivity index (χ2v) is 26.7. The summed E-state index contributed by atoms with van der Waals surface area (Å²) in [5, 5.41) is 29.1. The van der Waals surface area contributed by atoms with Crippen molar-refractivity contribution in [1.29, 1.82) is 0 Å². The molecule has 1 aromatic rings. The lowest BCUT2D eigenvalue weighted by atomic mass is 10.0. The molecule has 7 rings (SSSR count). The number of nitrogens with two attached hydrogens (primary N) is 6. The first-order valence-corrected chi connectivity index (χ1v) is 34.6. The maximum atomic E-state index is 15.0. The lowest BCUT2D eigenvalue weighted by Crippen LogP contribution is -2.61. The van der Waals surface area contributed by atoms with Gasteiger partial charge in [0.25, 0.3) is 0 Å². The molecule has 12 atom stereocenters. The molecule has 6 saturated heterocycles. The molecule has 13 amide bonds. The van der Waals surface area contributed by atoms with Crippen molar-refractivity contribution in [1.82, 2.24) is 71.7 Å². The zero-order valence-corrected chi connectivity index (χ0v) is 56.9. The lowest BCUT2D eigenvalue weighted by Gasteiger charge is -2.35. The highest BCUT2D eigenvalue weighted by atomic mass is 16.4. The molecule has 0 spiro atoms. The number of primary amides is 2. The number of nitrogens with one attached hydrogen (secondary N) is 8. The van der Waals surface area contributed by atoms with Crippen molar-refractivity contribution in [3.63, 3.8) is 0 Å². The van der Waals surface area contributed by atoms with E-state index in [1.807, 2.05) is 0 Å². The van der Waals surface area contributed by atoms with Crippen LogP contribution in [-0.2, 0) is 73.5 Å². The number of carbonyl (C=O) groups is 14. The van der Waals surface area contributed by atoms with E-state index in [0.717, 1.165) is 6.42 Å². The molecule has 7 heterocycles. The van der Waals surface area contributed by atoms with E-state index in [1.165, 1.54) is 37.0 Å². The Morgan fingerprint density at radius 3 is 1.38 bits per heavy atom. The van der Waals surface area contributed by atoms with Gasteiger partial charge in [0.2, 0.25) is 76.8 Å². The molecule has 37 nitrogen and oxygen atoms in total. The summed E-state index contributed by atoms with van der Waals surface area (Å²) in [6.45, 7) is 4.66. The van der Waals surface area contributed by atoms with Gasteiger partial charge in [0.15, 0.2) is 11.9 Å². The minimum absolute atomic E-state index is 0.00182. The van der Waals surface area contributed by atoms with Gasteiger partial charge in [0.1, 0.15) is 66.5 Å². The molecule has 552 valence electrons. The monoisotopic (exact) mass is 1400 g/mol. The highest BCUT2D eigenvalue weighted by Gasteiger charge is 2.48. The molecule has 0 radical (unpaired) electrons. The molecule has 0 unspecified atom stereocenters. The second-order valence-electron chi connectivity index (χ2n) is 26.7. The minimum atomic E-state index is -1.47. The smallest absolute Gasteiger partial charge is 0.326 e.